The quantitative estimate of drug-likeness (QED) is 0.713. The molecule has 0 fully saturated rings. The minimum absolute atomic E-state index is 0.110. The molecule has 146 valence electrons. The Morgan fingerprint density at radius 2 is 1.96 bits per heavy atom. The fourth-order valence-electron chi connectivity index (χ4n) is 3.82. The van der Waals surface area contributed by atoms with Crippen molar-refractivity contribution in [3.8, 4) is 11.5 Å². The number of pyridine rings is 1. The Balaban J connectivity index is 1.75. The van der Waals surface area contributed by atoms with Crippen molar-refractivity contribution in [2.75, 3.05) is 40.9 Å². The predicted molar refractivity (Wildman–Crippen MR) is 112 cm³/mol. The maximum Gasteiger partial charge on any atom is 0.161 e. The molecular weight excluding hydrogens is 350 g/mol. The van der Waals surface area contributed by atoms with Gasteiger partial charge in [0.1, 0.15) is 6.61 Å². The van der Waals surface area contributed by atoms with Gasteiger partial charge in [0.2, 0.25) is 0 Å². The van der Waals surface area contributed by atoms with Crippen LogP contribution < -0.4 is 14.8 Å². The molecule has 0 spiro atoms. The zero-order valence-corrected chi connectivity index (χ0v) is 16.7. The predicted octanol–water partition coefficient (Wildman–Crippen LogP) is 3.42. The van der Waals surface area contributed by atoms with Gasteiger partial charge < -0.3 is 19.7 Å². The lowest BCUT2D eigenvalue weighted by Gasteiger charge is -2.29. The number of benzene rings is 2. The highest BCUT2D eigenvalue weighted by Gasteiger charge is 2.25. The van der Waals surface area contributed by atoms with Gasteiger partial charge in [-0.3, -0.25) is 4.98 Å². The lowest BCUT2D eigenvalue weighted by atomic mass is 9.88. The van der Waals surface area contributed by atoms with Gasteiger partial charge in [0.05, 0.1) is 18.7 Å². The highest BCUT2D eigenvalue weighted by atomic mass is 16.5. The van der Waals surface area contributed by atoms with E-state index >= 15 is 0 Å². The van der Waals surface area contributed by atoms with Crippen LogP contribution in [0.5, 0.6) is 11.5 Å². The smallest absolute Gasteiger partial charge is 0.161 e. The molecule has 5 nitrogen and oxygen atoms in total. The second-order valence-corrected chi connectivity index (χ2v) is 7.41. The van der Waals surface area contributed by atoms with Gasteiger partial charge in [-0.1, -0.05) is 18.2 Å². The van der Waals surface area contributed by atoms with Crippen LogP contribution in [0.15, 0.2) is 48.7 Å². The van der Waals surface area contributed by atoms with E-state index in [0.29, 0.717) is 6.61 Å². The Hall–Kier alpha value is -2.63. The molecule has 4 rings (SSSR count). The van der Waals surface area contributed by atoms with E-state index in [1.165, 1.54) is 22.1 Å². The van der Waals surface area contributed by atoms with E-state index in [2.05, 4.69) is 51.6 Å². The first-order valence-electron chi connectivity index (χ1n) is 9.72. The summed E-state index contributed by atoms with van der Waals surface area (Å²) in [6, 6.07) is 14.8. The van der Waals surface area contributed by atoms with E-state index in [1.807, 2.05) is 26.4 Å². The Morgan fingerprint density at radius 1 is 1.11 bits per heavy atom. The molecule has 3 aromatic rings. The summed E-state index contributed by atoms with van der Waals surface area (Å²) in [4.78, 5) is 6.63. The molecule has 5 heteroatoms. The van der Waals surface area contributed by atoms with Crippen molar-refractivity contribution in [3.63, 3.8) is 0 Å². The van der Waals surface area contributed by atoms with Gasteiger partial charge in [-0.2, -0.15) is 0 Å². The van der Waals surface area contributed by atoms with Crippen LogP contribution in [0, 0.1) is 0 Å². The van der Waals surface area contributed by atoms with Crippen molar-refractivity contribution < 1.29 is 9.47 Å². The monoisotopic (exact) mass is 377 g/mol. The van der Waals surface area contributed by atoms with E-state index in [9.17, 15) is 0 Å². The lowest BCUT2D eigenvalue weighted by Crippen LogP contribution is -2.31. The normalized spacial score (nSPS) is 16.2. The minimum Gasteiger partial charge on any atom is -0.493 e. The topological polar surface area (TPSA) is 46.6 Å². The highest BCUT2D eigenvalue weighted by molar-refractivity contribution is 5.83. The molecule has 1 unspecified atom stereocenters. The highest BCUT2D eigenvalue weighted by Crippen LogP contribution is 2.39. The van der Waals surface area contributed by atoms with E-state index in [0.717, 1.165) is 36.5 Å². The first kappa shape index (κ1) is 18.7. The van der Waals surface area contributed by atoms with Crippen molar-refractivity contribution in [1.29, 1.82) is 0 Å². The number of rotatable bonds is 6. The zero-order valence-electron chi connectivity index (χ0n) is 16.7. The van der Waals surface area contributed by atoms with E-state index in [-0.39, 0.29) is 6.04 Å². The Morgan fingerprint density at radius 3 is 2.79 bits per heavy atom. The van der Waals surface area contributed by atoms with Gasteiger partial charge in [0.25, 0.3) is 0 Å². The summed E-state index contributed by atoms with van der Waals surface area (Å²) in [6.07, 6.45) is 2.87. The third-order valence-electron chi connectivity index (χ3n) is 5.27. The summed E-state index contributed by atoms with van der Waals surface area (Å²) in [5, 5.41) is 4.87. The van der Waals surface area contributed by atoms with Gasteiger partial charge in [-0.05, 0) is 61.5 Å². The number of hydrogen-bond donors (Lipinski definition) is 1. The number of fused-ring (bicyclic) bond motifs is 2. The number of methoxy groups -OCH3 is 1. The number of ether oxygens (including phenoxy) is 2. The number of hydrogen-bond acceptors (Lipinski definition) is 5. The molecule has 1 aromatic heterocycles. The van der Waals surface area contributed by atoms with Crippen molar-refractivity contribution in [3.05, 3.63) is 65.4 Å². The van der Waals surface area contributed by atoms with Crippen molar-refractivity contribution >= 4 is 10.9 Å². The Labute approximate surface area is 166 Å². The van der Waals surface area contributed by atoms with Crippen LogP contribution in [0.2, 0.25) is 0 Å². The largest absolute Gasteiger partial charge is 0.493 e. The average molecular weight is 377 g/mol. The first-order chi connectivity index (χ1) is 13.7. The molecule has 0 amide bonds. The zero-order chi connectivity index (χ0) is 19.5. The summed E-state index contributed by atoms with van der Waals surface area (Å²) in [5.74, 6) is 1.60. The van der Waals surface area contributed by atoms with Crippen molar-refractivity contribution in [2.24, 2.45) is 0 Å². The third-order valence-corrected chi connectivity index (χ3v) is 5.27. The molecule has 0 bridgehead atoms. The fraction of sp³-hybridized carbons (Fsp3) is 0.348. The molecule has 1 aliphatic rings. The maximum atomic E-state index is 6.07. The second-order valence-electron chi connectivity index (χ2n) is 7.41. The van der Waals surface area contributed by atoms with Crippen LogP contribution in [-0.4, -0.2) is 50.8 Å². The molecule has 2 heterocycles. The van der Waals surface area contributed by atoms with Crippen LogP contribution in [0.4, 0.5) is 0 Å². The molecule has 1 N–H and O–H groups in total. The van der Waals surface area contributed by atoms with Crippen molar-refractivity contribution in [1.82, 2.24) is 15.2 Å². The number of nitrogens with zero attached hydrogens (tertiary/aromatic N) is 2. The molecule has 1 aliphatic heterocycles. The first-order valence-corrected chi connectivity index (χ1v) is 9.72. The van der Waals surface area contributed by atoms with E-state index in [4.69, 9.17) is 9.47 Å². The summed E-state index contributed by atoms with van der Waals surface area (Å²) in [7, 11) is 5.79. The van der Waals surface area contributed by atoms with Gasteiger partial charge in [-0.25, -0.2) is 0 Å². The van der Waals surface area contributed by atoms with Gasteiger partial charge in [0.15, 0.2) is 11.5 Å². The van der Waals surface area contributed by atoms with Crippen molar-refractivity contribution in [2.45, 2.75) is 12.5 Å². The number of likely N-dealkylation sites (N-methyl/N-ethyl adjacent to an activating group) is 1. The number of nitrogens with one attached hydrogen (secondary N) is 1. The second kappa shape index (κ2) is 8.17. The molecule has 1 atom stereocenters. The molecule has 0 saturated heterocycles. The SMILES string of the molecule is COc1cc2c(cc1OCCN(C)C)C(c1ccnc3ccccc13)NCC2. The molecule has 28 heavy (non-hydrogen) atoms. The molecule has 2 aromatic carbocycles. The Bertz CT molecular complexity index is 966. The lowest BCUT2D eigenvalue weighted by molar-refractivity contribution is 0.250. The third kappa shape index (κ3) is 3.68. The number of aromatic nitrogens is 1. The van der Waals surface area contributed by atoms with Crippen LogP contribution >= 0.6 is 0 Å². The number of para-hydroxylation sites is 1. The summed E-state index contributed by atoms with van der Waals surface area (Å²) in [6.45, 7) is 2.41. The van der Waals surface area contributed by atoms with Crippen LogP contribution in [-0.2, 0) is 6.42 Å². The molecule has 0 radical (unpaired) electrons. The van der Waals surface area contributed by atoms with Gasteiger partial charge in [-0.15, -0.1) is 0 Å². The van der Waals surface area contributed by atoms with E-state index in [1.54, 1.807) is 7.11 Å². The van der Waals surface area contributed by atoms with Crippen LogP contribution in [0.3, 0.4) is 0 Å². The van der Waals surface area contributed by atoms with Gasteiger partial charge >= 0.3 is 0 Å². The summed E-state index contributed by atoms with van der Waals surface area (Å²) >= 11 is 0. The average Bonchev–Trinajstić information content (AvgIpc) is 2.72. The molecular formula is C23H27N3O2. The minimum atomic E-state index is 0.110. The van der Waals surface area contributed by atoms with Gasteiger partial charge in [0, 0.05) is 24.7 Å². The van der Waals surface area contributed by atoms with Crippen LogP contribution in [0.1, 0.15) is 22.7 Å². The maximum absolute atomic E-state index is 6.07. The molecule has 0 aliphatic carbocycles. The fourth-order valence-corrected chi connectivity index (χ4v) is 3.82. The summed E-state index contributed by atoms with van der Waals surface area (Å²) in [5.41, 5.74) is 4.82. The Kier molecular flexibility index (Phi) is 5.46. The molecule has 0 saturated carbocycles. The summed E-state index contributed by atoms with van der Waals surface area (Å²) < 4.78 is 11.7. The van der Waals surface area contributed by atoms with Crippen LogP contribution in [0.25, 0.3) is 10.9 Å². The standard InChI is InChI=1S/C23H27N3O2/c1-26(2)12-13-28-22-15-19-16(14-21(22)27-3)8-10-25-23(19)18-9-11-24-20-7-5-4-6-17(18)20/h4-7,9,11,14-15,23,25H,8,10,12-13H2,1-3H3. The van der Waals surface area contributed by atoms with E-state index < -0.39 is 0 Å².